The lowest BCUT2D eigenvalue weighted by molar-refractivity contribution is 0.159. The number of fused-ring (bicyclic) bond motifs is 1. The van der Waals surface area contributed by atoms with Gasteiger partial charge in [0.25, 0.3) is 0 Å². The second kappa shape index (κ2) is 2.61. The molecule has 0 amide bonds. The van der Waals surface area contributed by atoms with Crippen molar-refractivity contribution in [1.82, 2.24) is 0 Å². The fraction of sp³-hybridized carbons (Fsp3) is 0.333. The smallest absolute Gasteiger partial charge is 0.139 e. The van der Waals surface area contributed by atoms with E-state index in [0.29, 0.717) is 0 Å². The minimum Gasteiger partial charge on any atom is -0.387 e. The lowest BCUT2D eigenvalue weighted by atomic mass is 9.88. The monoisotopic (exact) mass is 161 g/mol. The number of nitrogens with two attached hydrogens (primary N) is 1. The van der Waals surface area contributed by atoms with E-state index in [-0.39, 0.29) is 6.04 Å². The molecule has 2 atom stereocenters. The van der Waals surface area contributed by atoms with Gasteiger partial charge in [0.2, 0.25) is 0 Å². The van der Waals surface area contributed by atoms with Crippen molar-refractivity contribution in [2.24, 2.45) is 5.73 Å². The van der Waals surface area contributed by atoms with Crippen molar-refractivity contribution in [2.75, 3.05) is 0 Å². The van der Waals surface area contributed by atoms with Crippen LogP contribution in [-0.2, 0) is 6.42 Å². The summed E-state index contributed by atoms with van der Waals surface area (Å²) in [6, 6.07) is 5.87. The van der Waals surface area contributed by atoms with Crippen molar-refractivity contribution in [3.63, 3.8) is 0 Å². The molecule has 1 aliphatic carbocycles. The maximum atomic E-state index is 9.65. The molecule has 12 heavy (non-hydrogen) atoms. The molecule has 0 radical (unpaired) electrons. The van der Waals surface area contributed by atoms with Crippen LogP contribution in [0.5, 0.6) is 0 Å². The van der Waals surface area contributed by atoms with Crippen molar-refractivity contribution in [3.8, 4) is 0 Å². The first-order chi connectivity index (χ1) is 5.70. The van der Waals surface area contributed by atoms with Crippen LogP contribution in [-0.4, -0.2) is 19.0 Å². The summed E-state index contributed by atoms with van der Waals surface area (Å²) in [6.07, 6.45) is 0.350. The Balaban J connectivity index is 2.53. The highest BCUT2D eigenvalue weighted by molar-refractivity contribution is 6.33. The summed E-state index contributed by atoms with van der Waals surface area (Å²) in [4.78, 5) is 0. The highest BCUT2D eigenvalue weighted by Crippen LogP contribution is 2.28. The minimum atomic E-state index is -0.458. The Morgan fingerprint density at radius 2 is 2.25 bits per heavy atom. The molecule has 0 spiro atoms. The topological polar surface area (TPSA) is 46.2 Å². The van der Waals surface area contributed by atoms with Crippen molar-refractivity contribution in [2.45, 2.75) is 18.6 Å². The molecule has 0 aliphatic heterocycles. The zero-order chi connectivity index (χ0) is 8.72. The van der Waals surface area contributed by atoms with Gasteiger partial charge < -0.3 is 10.8 Å². The number of aliphatic hydroxyl groups is 1. The Labute approximate surface area is 72.8 Å². The van der Waals surface area contributed by atoms with Crippen molar-refractivity contribution in [3.05, 3.63) is 29.3 Å². The molecule has 0 saturated heterocycles. The molecule has 0 bridgehead atoms. The second-order valence-electron chi connectivity index (χ2n) is 3.46. The summed E-state index contributed by atoms with van der Waals surface area (Å²) in [7, 11) is 2.06. The summed E-state index contributed by atoms with van der Waals surface area (Å²) in [5.41, 5.74) is 9.23. The van der Waals surface area contributed by atoms with E-state index in [9.17, 15) is 5.11 Å². The molecular formula is C9H12BNO. The normalized spacial score (nSPS) is 27.2. The molecule has 0 heterocycles. The zero-order valence-electron chi connectivity index (χ0n) is 7.12. The molecule has 62 valence electrons. The molecule has 3 N–H and O–H groups in total. The van der Waals surface area contributed by atoms with Crippen LogP contribution in [0.25, 0.3) is 0 Å². The Morgan fingerprint density at radius 1 is 1.50 bits per heavy atom. The molecular weight excluding hydrogens is 149 g/mol. The maximum Gasteiger partial charge on any atom is 0.139 e. The maximum absolute atomic E-state index is 9.65. The van der Waals surface area contributed by atoms with Crippen LogP contribution in [0.1, 0.15) is 17.2 Å². The van der Waals surface area contributed by atoms with E-state index in [1.165, 1.54) is 11.0 Å². The molecule has 2 nitrogen and oxygen atoms in total. The van der Waals surface area contributed by atoms with Gasteiger partial charge in [-0.2, -0.15) is 0 Å². The standard InChI is InChI=1S/C9H12BNO/c10-7-3-1-2-5-6(7)4-8(11)9(5)12/h1-3,8-9,12H,4,10-11H2. The minimum absolute atomic E-state index is 0.110. The number of hydrogen-bond acceptors (Lipinski definition) is 2. The van der Waals surface area contributed by atoms with Gasteiger partial charge in [-0.3, -0.25) is 0 Å². The van der Waals surface area contributed by atoms with Crippen LogP contribution in [0.15, 0.2) is 18.2 Å². The quantitative estimate of drug-likeness (QED) is 0.472. The van der Waals surface area contributed by atoms with Crippen LogP contribution >= 0.6 is 0 Å². The molecule has 2 unspecified atom stereocenters. The van der Waals surface area contributed by atoms with E-state index < -0.39 is 6.10 Å². The predicted molar refractivity (Wildman–Crippen MR) is 51.3 cm³/mol. The van der Waals surface area contributed by atoms with Gasteiger partial charge in [0.15, 0.2) is 0 Å². The fourth-order valence-electron chi connectivity index (χ4n) is 1.86. The van der Waals surface area contributed by atoms with Gasteiger partial charge in [-0.15, -0.1) is 0 Å². The lowest BCUT2D eigenvalue weighted by Gasteiger charge is -2.07. The van der Waals surface area contributed by atoms with Gasteiger partial charge in [-0.05, 0) is 17.5 Å². The fourth-order valence-corrected chi connectivity index (χ4v) is 1.86. The summed E-state index contributed by atoms with van der Waals surface area (Å²) in [5, 5.41) is 9.65. The first kappa shape index (κ1) is 7.83. The molecule has 1 aromatic rings. The first-order valence-corrected chi connectivity index (χ1v) is 4.22. The number of benzene rings is 1. The highest BCUT2D eigenvalue weighted by atomic mass is 16.3. The van der Waals surface area contributed by atoms with Crippen LogP contribution in [0, 0.1) is 0 Å². The van der Waals surface area contributed by atoms with Gasteiger partial charge in [0, 0.05) is 6.04 Å². The summed E-state index contributed by atoms with van der Waals surface area (Å²) >= 11 is 0. The molecule has 0 fully saturated rings. The summed E-state index contributed by atoms with van der Waals surface area (Å²) in [5.74, 6) is 0. The van der Waals surface area contributed by atoms with Crippen molar-refractivity contribution >= 4 is 13.3 Å². The Kier molecular flexibility index (Phi) is 1.70. The van der Waals surface area contributed by atoms with E-state index >= 15 is 0 Å². The average Bonchev–Trinajstić information content (AvgIpc) is 2.32. The molecule has 3 heteroatoms. The van der Waals surface area contributed by atoms with Crippen molar-refractivity contribution < 1.29 is 5.11 Å². The third-order valence-electron chi connectivity index (χ3n) is 2.61. The third-order valence-corrected chi connectivity index (χ3v) is 2.61. The molecule has 1 aromatic carbocycles. The number of aliphatic hydroxyl groups excluding tert-OH is 1. The molecule has 2 rings (SSSR count). The van der Waals surface area contributed by atoms with E-state index in [2.05, 4.69) is 13.9 Å². The Morgan fingerprint density at radius 3 is 2.92 bits per heavy atom. The van der Waals surface area contributed by atoms with Crippen LogP contribution < -0.4 is 11.2 Å². The van der Waals surface area contributed by atoms with Crippen LogP contribution in [0.3, 0.4) is 0 Å². The van der Waals surface area contributed by atoms with E-state index in [4.69, 9.17) is 5.73 Å². The van der Waals surface area contributed by atoms with Crippen LogP contribution in [0.2, 0.25) is 0 Å². The second-order valence-corrected chi connectivity index (χ2v) is 3.46. The van der Waals surface area contributed by atoms with Crippen LogP contribution in [0.4, 0.5) is 0 Å². The number of hydrogen-bond donors (Lipinski definition) is 2. The third kappa shape index (κ3) is 0.975. The largest absolute Gasteiger partial charge is 0.387 e. The van der Waals surface area contributed by atoms with Crippen molar-refractivity contribution in [1.29, 1.82) is 0 Å². The SMILES string of the molecule is Bc1cccc2c1CC(N)C2O. The van der Waals surface area contributed by atoms with Gasteiger partial charge in [-0.25, -0.2) is 0 Å². The molecule has 1 aliphatic rings. The van der Waals surface area contributed by atoms with Gasteiger partial charge in [0.05, 0.1) is 6.10 Å². The van der Waals surface area contributed by atoms with E-state index in [1.54, 1.807) is 0 Å². The zero-order valence-corrected chi connectivity index (χ0v) is 7.12. The van der Waals surface area contributed by atoms with Gasteiger partial charge >= 0.3 is 0 Å². The number of rotatable bonds is 0. The summed E-state index contributed by atoms with van der Waals surface area (Å²) in [6.45, 7) is 0. The average molecular weight is 161 g/mol. The molecule has 0 aromatic heterocycles. The Bertz CT molecular complexity index is 313. The predicted octanol–water partition coefficient (Wildman–Crippen LogP) is -1.14. The highest BCUT2D eigenvalue weighted by Gasteiger charge is 2.28. The summed E-state index contributed by atoms with van der Waals surface area (Å²) < 4.78 is 0. The first-order valence-electron chi connectivity index (χ1n) is 4.22. The lowest BCUT2D eigenvalue weighted by Crippen LogP contribution is -2.24. The Hall–Kier alpha value is -0.795. The van der Waals surface area contributed by atoms with E-state index in [1.807, 2.05) is 12.1 Å². The molecule has 0 saturated carbocycles. The van der Waals surface area contributed by atoms with Gasteiger partial charge in [0.1, 0.15) is 7.85 Å². The van der Waals surface area contributed by atoms with E-state index in [0.717, 1.165) is 12.0 Å². The van der Waals surface area contributed by atoms with Gasteiger partial charge in [-0.1, -0.05) is 23.7 Å².